The number of aromatic nitrogens is 2. The minimum absolute atomic E-state index is 0.0894. The number of imidazole rings is 1. The van der Waals surface area contributed by atoms with Crippen LogP contribution in [0.4, 0.5) is 5.69 Å². The third-order valence-electron chi connectivity index (χ3n) is 4.94. The zero-order valence-corrected chi connectivity index (χ0v) is 16.9. The van der Waals surface area contributed by atoms with E-state index >= 15 is 0 Å². The van der Waals surface area contributed by atoms with E-state index in [0.717, 1.165) is 18.9 Å². The lowest BCUT2D eigenvalue weighted by Crippen LogP contribution is -2.49. The van der Waals surface area contributed by atoms with Crippen LogP contribution in [-0.4, -0.2) is 64.8 Å². The molecule has 0 saturated carbocycles. The van der Waals surface area contributed by atoms with Crippen LogP contribution in [-0.2, 0) is 16.6 Å². The summed E-state index contributed by atoms with van der Waals surface area (Å²) in [5.74, 6) is 1.41. The third kappa shape index (κ3) is 4.40. The number of nitrogens with zero attached hydrogens (tertiary/aromatic N) is 5. The van der Waals surface area contributed by atoms with Crippen molar-refractivity contribution in [3.05, 3.63) is 52.6 Å². The predicted octanol–water partition coefficient (Wildman–Crippen LogP) is 1.92. The number of nitro groups is 1. The van der Waals surface area contributed by atoms with Crippen LogP contribution in [0, 0.1) is 10.1 Å². The second kappa shape index (κ2) is 8.38. The van der Waals surface area contributed by atoms with Gasteiger partial charge in [-0.3, -0.25) is 15.0 Å². The summed E-state index contributed by atoms with van der Waals surface area (Å²) in [6.45, 7) is 7.99. The van der Waals surface area contributed by atoms with E-state index in [-0.39, 0.29) is 10.6 Å². The van der Waals surface area contributed by atoms with Gasteiger partial charge >= 0.3 is 0 Å². The topological polar surface area (TPSA) is 102 Å². The molecule has 2 aromatic rings. The first-order chi connectivity index (χ1) is 13.3. The first-order valence-electron chi connectivity index (χ1n) is 9.27. The molecule has 0 atom stereocenters. The van der Waals surface area contributed by atoms with Crippen molar-refractivity contribution in [2.24, 2.45) is 0 Å². The molecule has 1 aromatic carbocycles. The molecule has 0 N–H and O–H groups in total. The van der Waals surface area contributed by atoms with Crippen LogP contribution in [0.3, 0.4) is 0 Å². The van der Waals surface area contributed by atoms with Gasteiger partial charge in [-0.05, 0) is 12.1 Å². The predicted molar refractivity (Wildman–Crippen MR) is 105 cm³/mol. The van der Waals surface area contributed by atoms with E-state index in [9.17, 15) is 18.5 Å². The zero-order valence-electron chi connectivity index (χ0n) is 16.1. The first-order valence-corrected chi connectivity index (χ1v) is 10.7. The van der Waals surface area contributed by atoms with Gasteiger partial charge in [0.25, 0.3) is 5.69 Å². The van der Waals surface area contributed by atoms with Crippen molar-refractivity contribution in [1.29, 1.82) is 0 Å². The van der Waals surface area contributed by atoms with Gasteiger partial charge in [0.1, 0.15) is 5.82 Å². The lowest BCUT2D eigenvalue weighted by atomic mass is 10.2. The normalized spacial score (nSPS) is 16.5. The number of sulfonamides is 1. The number of hydrogen-bond donors (Lipinski definition) is 0. The average Bonchev–Trinajstić information content (AvgIpc) is 3.16. The maximum atomic E-state index is 12.8. The Morgan fingerprint density at radius 3 is 2.32 bits per heavy atom. The molecule has 152 valence electrons. The molecule has 28 heavy (non-hydrogen) atoms. The maximum Gasteiger partial charge on any atom is 0.269 e. The fourth-order valence-corrected chi connectivity index (χ4v) is 4.76. The monoisotopic (exact) mass is 407 g/mol. The number of benzene rings is 1. The Morgan fingerprint density at radius 1 is 1.11 bits per heavy atom. The molecule has 0 bridgehead atoms. The average molecular weight is 407 g/mol. The fraction of sp³-hybridized carbons (Fsp3) is 0.500. The van der Waals surface area contributed by atoms with Crippen LogP contribution in [0.2, 0.25) is 0 Å². The highest BCUT2D eigenvalue weighted by atomic mass is 32.2. The summed E-state index contributed by atoms with van der Waals surface area (Å²) in [7, 11) is -3.64. The van der Waals surface area contributed by atoms with E-state index in [0.29, 0.717) is 32.1 Å². The molecular weight excluding hydrogens is 382 g/mol. The SMILES string of the molecule is CC(C)c1nccn1CCN1CCN(S(=O)(=O)c2ccc([N+](=O)[O-])cc2)CC1. The molecule has 10 heteroatoms. The molecule has 1 aliphatic heterocycles. The highest BCUT2D eigenvalue weighted by molar-refractivity contribution is 7.89. The second-order valence-electron chi connectivity index (χ2n) is 7.13. The number of piperazine rings is 1. The molecule has 1 aliphatic rings. The van der Waals surface area contributed by atoms with Gasteiger partial charge in [-0.25, -0.2) is 13.4 Å². The molecule has 1 saturated heterocycles. The molecule has 9 nitrogen and oxygen atoms in total. The van der Waals surface area contributed by atoms with Crippen LogP contribution in [0.25, 0.3) is 0 Å². The summed E-state index contributed by atoms with van der Waals surface area (Å²) in [5.41, 5.74) is -0.121. The molecule has 1 fully saturated rings. The Bertz CT molecular complexity index is 916. The van der Waals surface area contributed by atoms with Crippen molar-refractivity contribution < 1.29 is 13.3 Å². The van der Waals surface area contributed by atoms with Gasteiger partial charge in [-0.1, -0.05) is 13.8 Å². The Balaban J connectivity index is 1.57. The van der Waals surface area contributed by atoms with Crippen LogP contribution < -0.4 is 0 Å². The minimum Gasteiger partial charge on any atom is -0.333 e. The first kappa shape index (κ1) is 20.4. The summed E-state index contributed by atoms with van der Waals surface area (Å²) in [6.07, 6.45) is 3.79. The quantitative estimate of drug-likeness (QED) is 0.513. The zero-order chi connectivity index (χ0) is 20.3. The maximum absolute atomic E-state index is 12.8. The van der Waals surface area contributed by atoms with Crippen LogP contribution in [0.5, 0.6) is 0 Å². The van der Waals surface area contributed by atoms with Gasteiger partial charge in [0.05, 0.1) is 9.82 Å². The van der Waals surface area contributed by atoms with E-state index in [1.807, 2.05) is 12.4 Å². The highest BCUT2D eigenvalue weighted by Crippen LogP contribution is 2.21. The van der Waals surface area contributed by atoms with E-state index < -0.39 is 14.9 Å². The van der Waals surface area contributed by atoms with Crippen molar-refractivity contribution in [3.8, 4) is 0 Å². The Kier molecular flexibility index (Phi) is 6.11. The molecule has 0 amide bonds. The summed E-state index contributed by atoms with van der Waals surface area (Å²) >= 11 is 0. The lowest BCUT2D eigenvalue weighted by molar-refractivity contribution is -0.384. The Hall–Kier alpha value is -2.30. The van der Waals surface area contributed by atoms with Crippen LogP contribution in [0.1, 0.15) is 25.6 Å². The van der Waals surface area contributed by atoms with Crippen molar-refractivity contribution in [2.45, 2.75) is 31.2 Å². The molecule has 3 rings (SSSR count). The van der Waals surface area contributed by atoms with Crippen molar-refractivity contribution >= 4 is 15.7 Å². The molecular formula is C18H25N5O4S. The fourth-order valence-electron chi connectivity index (χ4n) is 3.34. The molecule has 2 heterocycles. The number of hydrogen-bond acceptors (Lipinski definition) is 6. The molecule has 0 radical (unpaired) electrons. The van der Waals surface area contributed by atoms with Crippen LogP contribution in [0.15, 0.2) is 41.6 Å². The number of rotatable bonds is 7. The van der Waals surface area contributed by atoms with E-state index in [1.165, 1.54) is 28.6 Å². The van der Waals surface area contributed by atoms with Crippen molar-refractivity contribution in [1.82, 2.24) is 18.8 Å². The van der Waals surface area contributed by atoms with Gasteiger partial charge < -0.3 is 4.57 Å². The minimum atomic E-state index is -3.64. The van der Waals surface area contributed by atoms with E-state index in [4.69, 9.17) is 0 Å². The van der Waals surface area contributed by atoms with Gasteiger partial charge in [0, 0.05) is 69.7 Å². The van der Waals surface area contributed by atoms with Gasteiger partial charge in [-0.2, -0.15) is 4.31 Å². The molecule has 1 aromatic heterocycles. The second-order valence-corrected chi connectivity index (χ2v) is 9.07. The summed E-state index contributed by atoms with van der Waals surface area (Å²) in [4.78, 5) is 16.9. The van der Waals surface area contributed by atoms with Crippen LogP contribution >= 0.6 is 0 Å². The van der Waals surface area contributed by atoms with Crippen molar-refractivity contribution in [2.75, 3.05) is 32.7 Å². The largest absolute Gasteiger partial charge is 0.333 e. The standard InChI is InChI=1S/C18H25N5O4S/c1-15(2)18-19-7-8-21(18)12-9-20-10-13-22(14-11-20)28(26,27)17-5-3-16(4-6-17)23(24)25/h3-8,15H,9-14H2,1-2H3. The smallest absolute Gasteiger partial charge is 0.269 e. The third-order valence-corrected chi connectivity index (χ3v) is 6.85. The highest BCUT2D eigenvalue weighted by Gasteiger charge is 2.28. The molecule has 0 aliphatic carbocycles. The lowest BCUT2D eigenvalue weighted by Gasteiger charge is -2.34. The Labute approximate surface area is 164 Å². The summed E-state index contributed by atoms with van der Waals surface area (Å²) < 4.78 is 29.1. The molecule has 0 spiro atoms. The van der Waals surface area contributed by atoms with Gasteiger partial charge in [0.15, 0.2) is 0 Å². The van der Waals surface area contributed by atoms with Gasteiger partial charge in [-0.15, -0.1) is 0 Å². The van der Waals surface area contributed by atoms with Crippen molar-refractivity contribution in [3.63, 3.8) is 0 Å². The number of nitro benzene ring substituents is 1. The summed E-state index contributed by atoms with van der Waals surface area (Å²) in [6, 6.07) is 5.04. The molecule has 0 unspecified atom stereocenters. The van der Waals surface area contributed by atoms with E-state index in [1.54, 1.807) is 0 Å². The Morgan fingerprint density at radius 2 is 1.75 bits per heavy atom. The van der Waals surface area contributed by atoms with Gasteiger partial charge in [0.2, 0.25) is 10.0 Å². The summed E-state index contributed by atoms with van der Waals surface area (Å²) in [5, 5.41) is 10.7. The van der Waals surface area contributed by atoms with E-state index in [2.05, 4.69) is 28.3 Å². The number of non-ortho nitro benzene ring substituents is 1.